The van der Waals surface area contributed by atoms with Crippen molar-refractivity contribution in [3.05, 3.63) is 94.5 Å². The third-order valence-corrected chi connectivity index (χ3v) is 6.47. The Morgan fingerprint density at radius 1 is 1.00 bits per heavy atom. The number of para-hydroxylation sites is 2. The van der Waals surface area contributed by atoms with Gasteiger partial charge in [-0.3, -0.25) is 9.36 Å². The van der Waals surface area contributed by atoms with Gasteiger partial charge >= 0.3 is 12.2 Å². The Hall–Kier alpha value is -4.34. The van der Waals surface area contributed by atoms with E-state index in [-0.39, 0.29) is 17.8 Å². The normalized spacial score (nSPS) is 12.2. The molecule has 3 aromatic carbocycles. The molecule has 4 aromatic rings. The van der Waals surface area contributed by atoms with Crippen molar-refractivity contribution in [1.29, 1.82) is 0 Å². The van der Waals surface area contributed by atoms with Crippen LogP contribution in [0.2, 0.25) is 0 Å². The molecule has 7 nitrogen and oxygen atoms in total. The number of ether oxygens (including phenoxy) is 1. The summed E-state index contributed by atoms with van der Waals surface area (Å²) in [6, 6.07) is 17.3. The first-order chi connectivity index (χ1) is 19.2. The number of hydrogen-bond acceptors (Lipinski definition) is 4. The van der Waals surface area contributed by atoms with Gasteiger partial charge in [0, 0.05) is 6.54 Å². The number of urea groups is 1. The topological polar surface area (TPSA) is 76.5 Å². The van der Waals surface area contributed by atoms with Crippen molar-refractivity contribution in [2.24, 2.45) is 0 Å². The molecule has 0 radical (unpaired) electrons. The van der Waals surface area contributed by atoms with Gasteiger partial charge in [0.15, 0.2) is 0 Å². The van der Waals surface area contributed by atoms with Gasteiger partial charge in [-0.2, -0.15) is 13.2 Å². The third-order valence-electron chi connectivity index (χ3n) is 6.47. The largest absolute Gasteiger partial charge is 0.494 e. The second kappa shape index (κ2) is 12.2. The Labute approximate surface area is 230 Å². The zero-order valence-electron chi connectivity index (χ0n) is 22.5. The molecule has 1 aromatic heterocycles. The highest BCUT2D eigenvalue weighted by Crippen LogP contribution is 2.35. The fourth-order valence-corrected chi connectivity index (χ4v) is 4.69. The molecule has 0 aliphatic heterocycles. The minimum absolute atomic E-state index is 0.227. The minimum Gasteiger partial charge on any atom is -0.494 e. The molecule has 1 unspecified atom stereocenters. The Balaban J connectivity index is 1.84. The number of nitrogens with one attached hydrogen (secondary N) is 1. The van der Waals surface area contributed by atoms with E-state index in [1.54, 1.807) is 48.5 Å². The van der Waals surface area contributed by atoms with E-state index in [2.05, 4.69) is 5.32 Å². The number of halogens is 3. The Morgan fingerprint density at radius 3 is 2.33 bits per heavy atom. The van der Waals surface area contributed by atoms with Gasteiger partial charge in [-0.25, -0.2) is 9.78 Å². The van der Waals surface area contributed by atoms with Crippen molar-refractivity contribution in [2.45, 2.75) is 45.8 Å². The number of alkyl halides is 3. The van der Waals surface area contributed by atoms with Crippen molar-refractivity contribution in [3.63, 3.8) is 0 Å². The van der Waals surface area contributed by atoms with Crippen LogP contribution in [0, 0.1) is 0 Å². The first-order valence-corrected chi connectivity index (χ1v) is 13.2. The molecule has 1 N–H and O–H groups in total. The molecule has 0 aliphatic carbocycles. The van der Waals surface area contributed by atoms with E-state index in [0.717, 1.165) is 6.07 Å². The maximum Gasteiger partial charge on any atom is 0.418 e. The number of anilines is 1. The molecule has 0 spiro atoms. The molecule has 0 saturated carbocycles. The average Bonchev–Trinajstić information content (AvgIpc) is 2.93. The van der Waals surface area contributed by atoms with Crippen LogP contribution in [0.5, 0.6) is 5.75 Å². The highest BCUT2D eigenvalue weighted by molar-refractivity contribution is 5.90. The van der Waals surface area contributed by atoms with E-state index in [9.17, 15) is 22.8 Å². The van der Waals surface area contributed by atoms with Crippen LogP contribution in [0.25, 0.3) is 16.6 Å². The number of benzene rings is 3. The van der Waals surface area contributed by atoms with Gasteiger partial charge in [-0.05, 0) is 68.3 Å². The summed E-state index contributed by atoms with van der Waals surface area (Å²) in [5.74, 6) is 0.944. The van der Waals surface area contributed by atoms with Gasteiger partial charge in [0.2, 0.25) is 0 Å². The number of rotatable bonds is 9. The highest BCUT2D eigenvalue weighted by Gasteiger charge is 2.35. The summed E-state index contributed by atoms with van der Waals surface area (Å²) in [5, 5.41) is 2.86. The molecule has 10 heteroatoms. The summed E-state index contributed by atoms with van der Waals surface area (Å²) < 4.78 is 47.9. The van der Waals surface area contributed by atoms with Crippen molar-refractivity contribution in [3.8, 4) is 11.4 Å². The van der Waals surface area contributed by atoms with Crippen LogP contribution in [-0.4, -0.2) is 33.6 Å². The number of carbonyl (C=O) groups excluding carboxylic acids is 1. The summed E-state index contributed by atoms with van der Waals surface area (Å²) >= 11 is 0. The lowest BCUT2D eigenvalue weighted by Crippen LogP contribution is -2.41. The SMILES string of the molecule is CCCN(C(=O)Nc1ccccc1C(F)(F)F)C(CC)c1nc2ccccc2c(=O)n1-c1ccc(OCC)cc1. The standard InChI is InChI=1S/C30H31F3N4O3/c1-4-19-36(29(39)35-25-14-10-8-12-23(25)30(31,32)33)26(5-2)27-34-24-13-9-7-11-22(24)28(38)37(27)20-15-17-21(18-16-20)40-6-3/h7-18,26H,4-6,19H2,1-3H3,(H,35,39). The molecule has 40 heavy (non-hydrogen) atoms. The summed E-state index contributed by atoms with van der Waals surface area (Å²) in [7, 11) is 0. The molecular formula is C30H31F3N4O3. The number of amides is 2. The maximum atomic E-state index is 13.8. The molecule has 0 fully saturated rings. The zero-order valence-corrected chi connectivity index (χ0v) is 22.5. The number of aromatic nitrogens is 2. The summed E-state index contributed by atoms with van der Waals surface area (Å²) in [6.45, 7) is 6.29. The number of nitrogens with zero attached hydrogens (tertiary/aromatic N) is 3. The van der Waals surface area contributed by atoms with Gasteiger partial charge in [0.25, 0.3) is 5.56 Å². The molecule has 0 aliphatic rings. The summed E-state index contributed by atoms with van der Waals surface area (Å²) in [4.78, 5) is 33.7. The fraction of sp³-hybridized carbons (Fsp3) is 0.300. The van der Waals surface area contributed by atoms with Crippen LogP contribution in [0.4, 0.5) is 23.7 Å². The van der Waals surface area contributed by atoms with Crippen molar-refractivity contribution >= 4 is 22.6 Å². The number of fused-ring (bicyclic) bond motifs is 1. The first-order valence-electron chi connectivity index (χ1n) is 13.2. The average molecular weight is 553 g/mol. The van der Waals surface area contributed by atoms with Crippen LogP contribution in [0.1, 0.15) is 51.0 Å². The second-order valence-corrected chi connectivity index (χ2v) is 9.15. The Morgan fingerprint density at radius 2 is 1.68 bits per heavy atom. The smallest absolute Gasteiger partial charge is 0.418 e. The number of carbonyl (C=O) groups is 1. The molecular weight excluding hydrogens is 521 g/mol. The quantitative estimate of drug-likeness (QED) is 0.238. The van der Waals surface area contributed by atoms with E-state index in [1.165, 1.54) is 27.7 Å². The van der Waals surface area contributed by atoms with E-state index < -0.39 is 23.8 Å². The molecule has 1 heterocycles. The molecule has 4 rings (SSSR count). The monoisotopic (exact) mass is 552 g/mol. The zero-order chi connectivity index (χ0) is 28.9. The van der Waals surface area contributed by atoms with Crippen LogP contribution in [0.3, 0.4) is 0 Å². The Kier molecular flexibility index (Phi) is 8.77. The van der Waals surface area contributed by atoms with Crippen LogP contribution < -0.4 is 15.6 Å². The lowest BCUT2D eigenvalue weighted by molar-refractivity contribution is -0.136. The molecule has 210 valence electrons. The van der Waals surface area contributed by atoms with Crippen molar-refractivity contribution in [1.82, 2.24) is 14.5 Å². The van der Waals surface area contributed by atoms with Crippen LogP contribution in [0.15, 0.2) is 77.6 Å². The summed E-state index contributed by atoms with van der Waals surface area (Å²) in [6.07, 6.45) is -3.75. The van der Waals surface area contributed by atoms with Gasteiger partial charge in [-0.1, -0.05) is 38.1 Å². The first kappa shape index (κ1) is 28.7. The third kappa shape index (κ3) is 5.95. The van der Waals surface area contributed by atoms with E-state index >= 15 is 0 Å². The predicted octanol–water partition coefficient (Wildman–Crippen LogP) is 7.20. The lowest BCUT2D eigenvalue weighted by atomic mass is 10.1. The maximum absolute atomic E-state index is 13.8. The van der Waals surface area contributed by atoms with Crippen LogP contribution in [-0.2, 0) is 6.18 Å². The van der Waals surface area contributed by atoms with Crippen molar-refractivity contribution < 1.29 is 22.7 Å². The van der Waals surface area contributed by atoms with Gasteiger partial charge in [0.1, 0.15) is 11.6 Å². The van der Waals surface area contributed by atoms with E-state index in [4.69, 9.17) is 9.72 Å². The summed E-state index contributed by atoms with van der Waals surface area (Å²) in [5.41, 5.74) is -0.612. The van der Waals surface area contributed by atoms with Gasteiger partial charge < -0.3 is 15.0 Å². The minimum atomic E-state index is -4.64. The molecule has 0 saturated heterocycles. The van der Waals surface area contributed by atoms with Crippen LogP contribution >= 0.6 is 0 Å². The van der Waals surface area contributed by atoms with Gasteiger partial charge in [-0.15, -0.1) is 0 Å². The van der Waals surface area contributed by atoms with E-state index in [0.29, 0.717) is 47.6 Å². The Bertz CT molecular complexity index is 1530. The number of hydrogen-bond donors (Lipinski definition) is 1. The second-order valence-electron chi connectivity index (χ2n) is 9.15. The van der Waals surface area contributed by atoms with Crippen molar-refractivity contribution in [2.75, 3.05) is 18.5 Å². The predicted molar refractivity (Wildman–Crippen MR) is 149 cm³/mol. The molecule has 0 bridgehead atoms. The fourth-order valence-electron chi connectivity index (χ4n) is 4.69. The lowest BCUT2D eigenvalue weighted by Gasteiger charge is -2.32. The molecule has 2 amide bonds. The molecule has 1 atom stereocenters. The van der Waals surface area contributed by atoms with Gasteiger partial charge in [0.05, 0.1) is 40.5 Å². The highest BCUT2D eigenvalue weighted by atomic mass is 19.4. The van der Waals surface area contributed by atoms with E-state index in [1.807, 2.05) is 20.8 Å².